The molecule has 0 bridgehead atoms. The van der Waals surface area contributed by atoms with Gasteiger partial charge in [-0.25, -0.2) is 0 Å². The van der Waals surface area contributed by atoms with Gasteiger partial charge >= 0.3 is 0 Å². The average Bonchev–Trinajstić information content (AvgIpc) is 3.29. The van der Waals surface area contributed by atoms with Gasteiger partial charge in [-0.1, -0.05) is 0 Å². The van der Waals surface area contributed by atoms with Crippen LogP contribution in [-0.2, 0) is 25.4 Å². The molecule has 2 amide bonds. The summed E-state index contributed by atoms with van der Waals surface area (Å²) in [5.74, 6) is -0.533. The highest BCUT2D eigenvalue weighted by Crippen LogP contribution is 2.42. The number of hydrogen-bond donors (Lipinski definition) is 2. The number of hydrogen-bond acceptors (Lipinski definition) is 6. The van der Waals surface area contributed by atoms with Crippen molar-refractivity contribution >= 4 is 28.2 Å². The lowest BCUT2D eigenvalue weighted by molar-refractivity contribution is -0.157. The van der Waals surface area contributed by atoms with Gasteiger partial charge in [-0.15, -0.1) is 11.3 Å². The molecule has 1 aromatic heterocycles. The lowest BCUT2D eigenvalue weighted by Crippen LogP contribution is -2.22. The molecule has 1 aromatic rings. The van der Waals surface area contributed by atoms with Gasteiger partial charge < -0.3 is 25.3 Å². The molecule has 1 atom stereocenters. The molecular formula is C15H20N2O5S. The summed E-state index contributed by atoms with van der Waals surface area (Å²) in [6.45, 7) is 1.28. The molecule has 1 aliphatic carbocycles. The number of amides is 2. The van der Waals surface area contributed by atoms with Crippen molar-refractivity contribution in [2.75, 3.05) is 32.2 Å². The van der Waals surface area contributed by atoms with Crippen LogP contribution < -0.4 is 11.1 Å². The molecule has 2 heterocycles. The Balaban J connectivity index is 1.85. The van der Waals surface area contributed by atoms with E-state index in [2.05, 4.69) is 5.32 Å². The molecule has 1 fully saturated rings. The first-order chi connectivity index (χ1) is 11.1. The van der Waals surface area contributed by atoms with Crippen LogP contribution in [0.25, 0.3) is 0 Å². The second-order valence-corrected chi connectivity index (χ2v) is 6.65. The molecule has 126 valence electrons. The SMILES string of the molecule is COCCOC1OCCc2c1sc(NC(=O)C1CC1)c2C(N)=O. The predicted molar refractivity (Wildman–Crippen MR) is 84.4 cm³/mol. The van der Waals surface area contributed by atoms with Crippen molar-refractivity contribution in [3.05, 3.63) is 16.0 Å². The standard InChI is InChI=1S/C15H20N2O5S/c1-20-6-7-22-15-11-9(4-5-21-15)10(12(16)18)14(23-11)17-13(19)8-2-3-8/h8,15H,2-7H2,1H3,(H2,16,18)(H,17,19). The molecule has 1 saturated carbocycles. The molecule has 3 N–H and O–H groups in total. The molecule has 0 radical (unpaired) electrons. The van der Waals surface area contributed by atoms with E-state index in [-0.39, 0.29) is 11.8 Å². The summed E-state index contributed by atoms with van der Waals surface area (Å²) in [5.41, 5.74) is 6.75. The van der Waals surface area contributed by atoms with Gasteiger partial charge in [0.15, 0.2) is 6.29 Å². The van der Waals surface area contributed by atoms with Crippen LogP contribution in [0.1, 0.15) is 39.9 Å². The van der Waals surface area contributed by atoms with Crippen molar-refractivity contribution < 1.29 is 23.8 Å². The third-order valence-corrected chi connectivity index (χ3v) is 5.03. The number of anilines is 1. The zero-order chi connectivity index (χ0) is 16.4. The quantitative estimate of drug-likeness (QED) is 0.732. The number of carbonyl (C=O) groups excluding carboxylic acids is 2. The van der Waals surface area contributed by atoms with Gasteiger partial charge in [-0.2, -0.15) is 0 Å². The number of methoxy groups -OCH3 is 1. The van der Waals surface area contributed by atoms with E-state index in [1.165, 1.54) is 11.3 Å². The summed E-state index contributed by atoms with van der Waals surface area (Å²) < 4.78 is 16.3. The van der Waals surface area contributed by atoms with Crippen LogP contribution in [0.2, 0.25) is 0 Å². The van der Waals surface area contributed by atoms with Crippen molar-refractivity contribution in [2.24, 2.45) is 11.7 Å². The molecule has 1 unspecified atom stereocenters. The Morgan fingerprint density at radius 1 is 1.39 bits per heavy atom. The van der Waals surface area contributed by atoms with E-state index in [9.17, 15) is 9.59 Å². The van der Waals surface area contributed by atoms with E-state index in [4.69, 9.17) is 19.9 Å². The van der Waals surface area contributed by atoms with Crippen molar-refractivity contribution in [3.8, 4) is 0 Å². The normalized spacial score (nSPS) is 20.1. The third-order valence-electron chi connectivity index (χ3n) is 3.86. The van der Waals surface area contributed by atoms with Crippen LogP contribution in [0.15, 0.2) is 0 Å². The number of fused-ring (bicyclic) bond motifs is 1. The molecule has 0 saturated heterocycles. The van der Waals surface area contributed by atoms with E-state index < -0.39 is 12.2 Å². The van der Waals surface area contributed by atoms with Gasteiger partial charge in [-0.05, 0) is 24.8 Å². The van der Waals surface area contributed by atoms with Gasteiger partial charge in [0.1, 0.15) is 5.00 Å². The molecule has 0 aromatic carbocycles. The maximum absolute atomic E-state index is 12.0. The molecule has 2 aliphatic rings. The Bertz CT molecular complexity index is 611. The molecule has 0 spiro atoms. The predicted octanol–water partition coefficient (Wildman–Crippen LogP) is 1.43. The van der Waals surface area contributed by atoms with Gasteiger partial charge in [0.25, 0.3) is 5.91 Å². The first-order valence-corrected chi connectivity index (χ1v) is 8.41. The van der Waals surface area contributed by atoms with Crippen LogP contribution >= 0.6 is 11.3 Å². The Labute approximate surface area is 138 Å². The van der Waals surface area contributed by atoms with Crippen LogP contribution in [0.5, 0.6) is 0 Å². The number of nitrogens with one attached hydrogen (secondary N) is 1. The van der Waals surface area contributed by atoms with Gasteiger partial charge in [0.05, 0.1) is 30.3 Å². The van der Waals surface area contributed by atoms with E-state index >= 15 is 0 Å². The molecule has 7 nitrogen and oxygen atoms in total. The second-order valence-electron chi connectivity index (χ2n) is 5.59. The highest BCUT2D eigenvalue weighted by molar-refractivity contribution is 7.17. The van der Waals surface area contributed by atoms with Gasteiger partial charge in [-0.3, -0.25) is 9.59 Å². The number of rotatable bonds is 7. The maximum atomic E-state index is 12.0. The molecule has 23 heavy (non-hydrogen) atoms. The number of primary amides is 1. The Morgan fingerprint density at radius 2 is 2.17 bits per heavy atom. The number of thiophene rings is 1. The summed E-state index contributed by atoms with van der Waals surface area (Å²) in [6.07, 6.45) is 1.82. The topological polar surface area (TPSA) is 99.9 Å². The van der Waals surface area contributed by atoms with Crippen LogP contribution in [0.4, 0.5) is 5.00 Å². The van der Waals surface area contributed by atoms with E-state index in [1.54, 1.807) is 7.11 Å². The number of ether oxygens (including phenoxy) is 3. The summed E-state index contributed by atoms with van der Waals surface area (Å²) in [5, 5.41) is 3.35. The summed E-state index contributed by atoms with van der Waals surface area (Å²) >= 11 is 1.31. The summed E-state index contributed by atoms with van der Waals surface area (Å²) in [6, 6.07) is 0. The fraction of sp³-hybridized carbons (Fsp3) is 0.600. The fourth-order valence-corrected chi connectivity index (χ4v) is 3.79. The smallest absolute Gasteiger partial charge is 0.252 e. The second kappa shape index (κ2) is 6.96. The first kappa shape index (κ1) is 16.4. The van der Waals surface area contributed by atoms with Crippen molar-refractivity contribution in [2.45, 2.75) is 25.6 Å². The van der Waals surface area contributed by atoms with Gasteiger partial charge in [0.2, 0.25) is 5.91 Å². The van der Waals surface area contributed by atoms with E-state index in [0.29, 0.717) is 36.8 Å². The van der Waals surface area contributed by atoms with E-state index in [1.807, 2.05) is 0 Å². The Kier molecular flexibility index (Phi) is 4.96. The first-order valence-electron chi connectivity index (χ1n) is 7.60. The highest BCUT2D eigenvalue weighted by Gasteiger charge is 2.34. The van der Waals surface area contributed by atoms with Crippen molar-refractivity contribution in [1.82, 2.24) is 0 Å². The van der Waals surface area contributed by atoms with Crippen molar-refractivity contribution in [1.29, 1.82) is 0 Å². The lowest BCUT2D eigenvalue weighted by atomic mass is 10.0. The monoisotopic (exact) mass is 340 g/mol. The number of nitrogens with two attached hydrogens (primary N) is 1. The largest absolute Gasteiger partial charge is 0.382 e. The minimum absolute atomic E-state index is 0.0520. The highest BCUT2D eigenvalue weighted by atomic mass is 32.1. The Morgan fingerprint density at radius 3 is 2.83 bits per heavy atom. The zero-order valence-electron chi connectivity index (χ0n) is 12.9. The zero-order valence-corrected chi connectivity index (χ0v) is 13.7. The van der Waals surface area contributed by atoms with Crippen LogP contribution in [0.3, 0.4) is 0 Å². The van der Waals surface area contributed by atoms with E-state index in [0.717, 1.165) is 23.3 Å². The molecule has 8 heteroatoms. The molecule has 1 aliphatic heterocycles. The van der Waals surface area contributed by atoms with Crippen LogP contribution in [-0.4, -0.2) is 38.7 Å². The number of carbonyl (C=O) groups is 2. The minimum Gasteiger partial charge on any atom is -0.382 e. The van der Waals surface area contributed by atoms with Gasteiger partial charge in [0, 0.05) is 13.0 Å². The van der Waals surface area contributed by atoms with Crippen molar-refractivity contribution in [3.63, 3.8) is 0 Å². The average molecular weight is 340 g/mol. The Hall–Kier alpha value is -1.48. The summed E-state index contributed by atoms with van der Waals surface area (Å²) in [7, 11) is 1.60. The molecular weight excluding hydrogens is 320 g/mol. The maximum Gasteiger partial charge on any atom is 0.252 e. The van der Waals surface area contributed by atoms with Crippen LogP contribution in [0, 0.1) is 5.92 Å². The third kappa shape index (κ3) is 3.55. The fourth-order valence-electron chi connectivity index (χ4n) is 2.54. The lowest BCUT2D eigenvalue weighted by Gasteiger charge is -2.23. The molecule has 3 rings (SSSR count). The minimum atomic E-state index is -0.552. The summed E-state index contributed by atoms with van der Waals surface area (Å²) in [4.78, 5) is 24.7.